The molecule has 2 aliphatic rings. The molecule has 0 nitrogen and oxygen atoms in total. The molecular weight excluding hydrogens is 316 g/mol. The van der Waals surface area contributed by atoms with Gasteiger partial charge >= 0.3 is 0 Å². The Morgan fingerprint density at radius 2 is 1.36 bits per heavy atom. The molecule has 0 atom stereocenters. The first-order valence-electron chi connectivity index (χ1n) is 9.40. The number of hydrogen-bond donors (Lipinski definition) is 0. The van der Waals surface area contributed by atoms with Crippen LogP contribution in [0.2, 0.25) is 19.6 Å². The van der Waals surface area contributed by atoms with Crippen molar-refractivity contribution in [1.82, 2.24) is 0 Å². The molecule has 2 aromatic carbocycles. The van der Waals surface area contributed by atoms with Gasteiger partial charge in [-0.25, -0.2) is 0 Å². The average molecular weight is 345 g/mol. The minimum Gasteiger partial charge on any atom is -0.0806 e. The van der Waals surface area contributed by atoms with Crippen molar-refractivity contribution in [3.63, 3.8) is 0 Å². The summed E-state index contributed by atoms with van der Waals surface area (Å²) in [5.74, 6) is 0.446. The van der Waals surface area contributed by atoms with Crippen LogP contribution >= 0.6 is 0 Å². The van der Waals surface area contributed by atoms with E-state index in [-0.39, 0.29) is 5.41 Å². The van der Waals surface area contributed by atoms with Crippen LogP contribution in [0.4, 0.5) is 0 Å². The first-order valence-corrected chi connectivity index (χ1v) is 12.9. The van der Waals surface area contributed by atoms with Gasteiger partial charge in [0.05, 0.1) is 8.07 Å². The molecular formula is C24H28Si. The largest absolute Gasteiger partial charge is 0.0806 e. The molecule has 0 fully saturated rings. The Hall–Kier alpha value is -1.86. The molecule has 0 aliphatic heterocycles. The normalized spacial score (nSPS) is 17.2. The second-order valence-corrected chi connectivity index (χ2v) is 14.1. The monoisotopic (exact) mass is 344 g/mol. The van der Waals surface area contributed by atoms with E-state index in [0.29, 0.717) is 5.92 Å². The Kier molecular flexibility index (Phi) is 3.70. The third kappa shape index (κ3) is 2.48. The van der Waals surface area contributed by atoms with Crippen LogP contribution in [0.3, 0.4) is 0 Å². The maximum absolute atomic E-state index is 2.48. The summed E-state index contributed by atoms with van der Waals surface area (Å²) >= 11 is 0. The van der Waals surface area contributed by atoms with Crippen LogP contribution in [0.1, 0.15) is 37.3 Å². The number of hydrogen-bond acceptors (Lipinski definition) is 0. The predicted octanol–water partition coefficient (Wildman–Crippen LogP) is 6.96. The highest BCUT2D eigenvalue weighted by molar-refractivity contribution is 6.84. The van der Waals surface area contributed by atoms with E-state index in [4.69, 9.17) is 0 Å². The Morgan fingerprint density at radius 1 is 0.840 bits per heavy atom. The Morgan fingerprint density at radius 3 is 1.88 bits per heavy atom. The topological polar surface area (TPSA) is 0 Å². The first-order chi connectivity index (χ1) is 11.8. The van der Waals surface area contributed by atoms with Crippen LogP contribution in [0.15, 0.2) is 71.5 Å². The molecule has 0 radical (unpaired) electrons. The van der Waals surface area contributed by atoms with Gasteiger partial charge in [-0.15, -0.1) is 0 Å². The quantitative estimate of drug-likeness (QED) is 0.528. The Labute approximate surface area is 153 Å². The molecule has 0 saturated heterocycles. The van der Waals surface area contributed by atoms with E-state index in [1.54, 1.807) is 10.8 Å². The van der Waals surface area contributed by atoms with Crippen LogP contribution in [0.25, 0.3) is 11.1 Å². The second kappa shape index (κ2) is 5.57. The lowest BCUT2D eigenvalue weighted by Gasteiger charge is -2.38. The summed E-state index contributed by atoms with van der Waals surface area (Å²) < 4.78 is 0. The van der Waals surface area contributed by atoms with E-state index in [1.807, 2.05) is 0 Å². The van der Waals surface area contributed by atoms with Crippen molar-refractivity contribution in [3.05, 3.63) is 82.6 Å². The predicted molar refractivity (Wildman–Crippen MR) is 112 cm³/mol. The molecule has 0 unspecified atom stereocenters. The SMILES string of the molecule is CC(C)(C1=C([Si](C)(C)C)C=CC1)C1c2ccccc2-c2ccccc21. The van der Waals surface area contributed by atoms with E-state index in [1.165, 1.54) is 22.3 Å². The number of allylic oxidation sites excluding steroid dienone is 4. The van der Waals surface area contributed by atoms with Gasteiger partial charge in [-0.3, -0.25) is 0 Å². The summed E-state index contributed by atoms with van der Waals surface area (Å²) in [7, 11) is -1.34. The summed E-state index contributed by atoms with van der Waals surface area (Å²) in [6, 6.07) is 18.0. The summed E-state index contributed by atoms with van der Waals surface area (Å²) in [4.78, 5) is 0. The fourth-order valence-electron chi connectivity index (χ4n) is 4.93. The minimum absolute atomic E-state index is 0.127. The zero-order chi connectivity index (χ0) is 17.8. The molecule has 2 aliphatic carbocycles. The van der Waals surface area contributed by atoms with Gasteiger partial charge in [0.15, 0.2) is 0 Å². The number of rotatable bonds is 3. The second-order valence-electron chi connectivity index (χ2n) is 9.08. The molecule has 25 heavy (non-hydrogen) atoms. The molecule has 0 amide bonds. The molecule has 0 heterocycles. The number of fused-ring (bicyclic) bond motifs is 3. The Bertz CT molecular complexity index is 845. The van der Waals surface area contributed by atoms with Gasteiger partial charge in [-0.2, -0.15) is 0 Å². The smallest absolute Gasteiger partial charge is 0.0775 e. The average Bonchev–Trinajstić information content (AvgIpc) is 3.18. The molecule has 0 aromatic heterocycles. The molecule has 0 bridgehead atoms. The van der Waals surface area contributed by atoms with Crippen molar-refractivity contribution < 1.29 is 0 Å². The fraction of sp³-hybridized carbons (Fsp3) is 0.333. The zero-order valence-corrected chi connectivity index (χ0v) is 17.1. The molecule has 128 valence electrons. The van der Waals surface area contributed by atoms with Gasteiger partial charge in [-0.1, -0.05) is 105 Å². The van der Waals surface area contributed by atoms with Crippen LogP contribution < -0.4 is 0 Å². The summed E-state index contributed by atoms with van der Waals surface area (Å²) in [6.07, 6.45) is 5.93. The minimum atomic E-state index is -1.34. The maximum atomic E-state index is 2.48. The third-order valence-electron chi connectivity index (χ3n) is 6.07. The lowest BCUT2D eigenvalue weighted by atomic mass is 9.68. The highest BCUT2D eigenvalue weighted by Gasteiger charge is 2.43. The van der Waals surface area contributed by atoms with Crippen molar-refractivity contribution in [2.24, 2.45) is 5.41 Å². The van der Waals surface area contributed by atoms with Gasteiger partial charge in [0.25, 0.3) is 0 Å². The molecule has 2 aromatic rings. The fourth-order valence-corrected chi connectivity index (χ4v) is 6.87. The third-order valence-corrected chi connectivity index (χ3v) is 8.16. The Balaban J connectivity index is 1.92. The molecule has 0 saturated carbocycles. The van der Waals surface area contributed by atoms with Crippen LogP contribution in [0.5, 0.6) is 0 Å². The molecule has 0 N–H and O–H groups in total. The summed E-state index contributed by atoms with van der Waals surface area (Å²) in [6.45, 7) is 12.4. The van der Waals surface area contributed by atoms with Crippen LogP contribution in [-0.4, -0.2) is 8.07 Å². The van der Waals surface area contributed by atoms with Crippen molar-refractivity contribution in [1.29, 1.82) is 0 Å². The van der Waals surface area contributed by atoms with Gasteiger partial charge < -0.3 is 0 Å². The van der Waals surface area contributed by atoms with E-state index in [9.17, 15) is 0 Å². The summed E-state index contributed by atoms with van der Waals surface area (Å²) in [5, 5.41) is 1.67. The van der Waals surface area contributed by atoms with E-state index in [0.717, 1.165) is 6.42 Å². The lowest BCUT2D eigenvalue weighted by Crippen LogP contribution is -2.30. The molecule has 4 rings (SSSR count). The molecule has 0 spiro atoms. The van der Waals surface area contributed by atoms with Gasteiger partial charge in [-0.05, 0) is 34.1 Å². The highest BCUT2D eigenvalue weighted by Crippen LogP contribution is 2.57. The van der Waals surface area contributed by atoms with Crippen molar-refractivity contribution in [2.45, 2.75) is 45.8 Å². The van der Waals surface area contributed by atoms with E-state index in [2.05, 4.69) is 94.2 Å². The standard InChI is InChI=1S/C24H28Si/c1-24(2,21-15-10-16-22(21)25(3,4)5)23-19-13-8-6-11-17(19)18-12-7-9-14-20(18)23/h6-14,16,23H,15H2,1-5H3. The van der Waals surface area contributed by atoms with E-state index >= 15 is 0 Å². The first kappa shape index (κ1) is 16.6. The summed E-state index contributed by atoms with van der Waals surface area (Å²) in [5.41, 5.74) is 7.66. The lowest BCUT2D eigenvalue weighted by molar-refractivity contribution is 0.387. The van der Waals surface area contributed by atoms with Crippen LogP contribution in [0, 0.1) is 5.41 Å². The van der Waals surface area contributed by atoms with Gasteiger partial charge in [0.2, 0.25) is 0 Å². The number of benzene rings is 2. The highest BCUT2D eigenvalue weighted by atomic mass is 28.3. The van der Waals surface area contributed by atoms with Crippen molar-refractivity contribution in [3.8, 4) is 11.1 Å². The van der Waals surface area contributed by atoms with Crippen molar-refractivity contribution in [2.75, 3.05) is 0 Å². The van der Waals surface area contributed by atoms with Gasteiger partial charge in [0, 0.05) is 5.92 Å². The maximum Gasteiger partial charge on any atom is 0.0775 e. The van der Waals surface area contributed by atoms with Crippen molar-refractivity contribution >= 4 is 8.07 Å². The van der Waals surface area contributed by atoms with E-state index < -0.39 is 8.07 Å². The van der Waals surface area contributed by atoms with Gasteiger partial charge in [0.1, 0.15) is 0 Å². The molecule has 1 heteroatoms. The zero-order valence-electron chi connectivity index (χ0n) is 16.1. The van der Waals surface area contributed by atoms with Crippen LogP contribution in [-0.2, 0) is 0 Å².